The Morgan fingerprint density at radius 2 is 1.14 bits per heavy atom. The topological polar surface area (TPSA) is 92.3 Å². The monoisotopic (exact) mass is 292 g/mol. The Hall–Kier alpha value is -2.24. The summed E-state index contributed by atoms with van der Waals surface area (Å²) in [6.45, 7) is 4.36. The van der Waals surface area contributed by atoms with Gasteiger partial charge < -0.3 is 0 Å². The Kier molecular flexibility index (Phi) is 6.52. The predicted molar refractivity (Wildman–Crippen MR) is 76.9 cm³/mol. The second-order valence-corrected chi connectivity index (χ2v) is 4.83. The van der Waals surface area contributed by atoms with Crippen molar-refractivity contribution in [2.24, 2.45) is 0 Å². The minimum absolute atomic E-state index is 0.379. The lowest BCUT2D eigenvalue weighted by Gasteiger charge is -2.00. The van der Waals surface area contributed by atoms with Gasteiger partial charge in [-0.25, -0.2) is 0 Å². The highest BCUT2D eigenvalue weighted by molar-refractivity contribution is 6.17. The summed E-state index contributed by atoms with van der Waals surface area (Å²) in [7, 11) is 0. The first-order valence-electron chi connectivity index (χ1n) is 7.09. The number of hydrogen-bond acceptors (Lipinski definition) is 4. The Labute approximate surface area is 123 Å². The number of imide groups is 2. The molecule has 6 heteroatoms. The van der Waals surface area contributed by atoms with E-state index < -0.39 is 11.8 Å². The maximum atomic E-state index is 11.2. The molecule has 4 amide bonds. The molecule has 0 atom stereocenters. The summed E-state index contributed by atoms with van der Waals surface area (Å²) >= 11 is 0. The lowest BCUT2D eigenvalue weighted by atomic mass is 10.0. The highest BCUT2D eigenvalue weighted by Gasteiger charge is 2.22. The zero-order valence-corrected chi connectivity index (χ0v) is 12.3. The number of amides is 4. The fourth-order valence-electron chi connectivity index (χ4n) is 1.74. The molecule has 0 bridgehead atoms. The third-order valence-electron chi connectivity index (χ3n) is 3.06. The van der Waals surface area contributed by atoms with Crippen LogP contribution in [0.5, 0.6) is 0 Å². The van der Waals surface area contributed by atoms with Gasteiger partial charge in [0.15, 0.2) is 0 Å². The maximum Gasteiger partial charge on any atom is 0.254 e. The largest absolute Gasteiger partial charge is 0.289 e. The molecular formula is C15H20N2O4. The molecule has 6 nitrogen and oxygen atoms in total. The van der Waals surface area contributed by atoms with Gasteiger partial charge >= 0.3 is 0 Å². The van der Waals surface area contributed by atoms with E-state index in [1.807, 2.05) is 0 Å². The zero-order valence-electron chi connectivity index (χ0n) is 12.3. The van der Waals surface area contributed by atoms with Crippen LogP contribution in [0.15, 0.2) is 23.3 Å². The quantitative estimate of drug-likeness (QED) is 0.743. The fourth-order valence-corrected chi connectivity index (χ4v) is 1.74. The van der Waals surface area contributed by atoms with Gasteiger partial charge in [0, 0.05) is 23.3 Å². The fraction of sp³-hybridized carbons (Fsp3) is 0.467. The molecule has 0 saturated carbocycles. The molecule has 114 valence electrons. The third kappa shape index (κ3) is 5.33. The van der Waals surface area contributed by atoms with Crippen LogP contribution >= 0.6 is 0 Å². The minimum Gasteiger partial charge on any atom is -0.289 e. The molecule has 0 aromatic heterocycles. The van der Waals surface area contributed by atoms with Gasteiger partial charge in [0.2, 0.25) is 0 Å². The van der Waals surface area contributed by atoms with Crippen LogP contribution in [0.25, 0.3) is 0 Å². The van der Waals surface area contributed by atoms with Crippen molar-refractivity contribution in [1.29, 1.82) is 0 Å². The smallest absolute Gasteiger partial charge is 0.254 e. The van der Waals surface area contributed by atoms with Crippen molar-refractivity contribution in [2.45, 2.75) is 46.0 Å². The average Bonchev–Trinajstić information content (AvgIpc) is 2.92. The molecule has 0 saturated heterocycles. The Morgan fingerprint density at radius 3 is 1.38 bits per heavy atom. The Bertz CT molecular complexity index is 472. The van der Waals surface area contributed by atoms with Crippen LogP contribution in [-0.2, 0) is 19.2 Å². The summed E-state index contributed by atoms with van der Waals surface area (Å²) < 4.78 is 0. The molecule has 2 heterocycles. The van der Waals surface area contributed by atoms with Crippen LogP contribution in [0.1, 0.15) is 46.0 Å². The lowest BCUT2D eigenvalue weighted by molar-refractivity contribution is -0.125. The average molecular weight is 292 g/mol. The van der Waals surface area contributed by atoms with Gasteiger partial charge in [-0.05, 0) is 19.3 Å². The van der Waals surface area contributed by atoms with Crippen LogP contribution in [0.3, 0.4) is 0 Å². The van der Waals surface area contributed by atoms with Gasteiger partial charge in [-0.3, -0.25) is 29.8 Å². The molecule has 0 radical (unpaired) electrons. The first kappa shape index (κ1) is 16.8. The van der Waals surface area contributed by atoms with E-state index in [0.29, 0.717) is 30.4 Å². The summed E-state index contributed by atoms with van der Waals surface area (Å²) in [5, 5.41) is 4.29. The highest BCUT2D eigenvalue weighted by Crippen LogP contribution is 2.16. The van der Waals surface area contributed by atoms with Gasteiger partial charge in [-0.2, -0.15) is 0 Å². The van der Waals surface area contributed by atoms with Crippen molar-refractivity contribution in [2.75, 3.05) is 0 Å². The van der Waals surface area contributed by atoms with E-state index in [0.717, 1.165) is 0 Å². The second-order valence-electron chi connectivity index (χ2n) is 4.83. The third-order valence-corrected chi connectivity index (χ3v) is 3.06. The van der Waals surface area contributed by atoms with E-state index in [4.69, 9.17) is 0 Å². The molecule has 0 aliphatic carbocycles. The number of rotatable bonds is 5. The van der Waals surface area contributed by atoms with E-state index in [-0.39, 0.29) is 11.8 Å². The van der Waals surface area contributed by atoms with Gasteiger partial charge in [0.05, 0.1) is 0 Å². The van der Waals surface area contributed by atoms with Gasteiger partial charge in [0.25, 0.3) is 23.6 Å². The molecule has 0 unspecified atom stereocenters. The molecule has 0 aromatic rings. The molecule has 0 fully saturated rings. The van der Waals surface area contributed by atoms with Crippen molar-refractivity contribution in [3.8, 4) is 0 Å². The van der Waals surface area contributed by atoms with Crippen LogP contribution < -0.4 is 10.6 Å². The molecule has 21 heavy (non-hydrogen) atoms. The van der Waals surface area contributed by atoms with Crippen molar-refractivity contribution in [1.82, 2.24) is 10.6 Å². The first-order chi connectivity index (χ1) is 9.97. The normalized spacial score (nSPS) is 16.9. The summed E-state index contributed by atoms with van der Waals surface area (Å²) in [5.41, 5.74) is 0.834. The van der Waals surface area contributed by atoms with E-state index in [2.05, 4.69) is 24.5 Å². The predicted octanol–water partition coefficient (Wildman–Crippen LogP) is 1.13. The zero-order chi connectivity index (χ0) is 15.8. The summed E-state index contributed by atoms with van der Waals surface area (Å²) in [6.07, 6.45) is 6.53. The molecule has 0 aromatic carbocycles. The number of nitrogens with one attached hydrogen (secondary N) is 2. The summed E-state index contributed by atoms with van der Waals surface area (Å²) in [4.78, 5) is 44.1. The Morgan fingerprint density at radius 1 is 0.762 bits per heavy atom. The SMILES string of the molecule is CCCC.O=C1C=C(CCCC2=CC(=O)NC2=O)C(=O)N1. The Balaban J connectivity index is 0.000000491. The second kappa shape index (κ2) is 8.14. The van der Waals surface area contributed by atoms with E-state index >= 15 is 0 Å². The van der Waals surface area contributed by atoms with Gasteiger partial charge in [0.1, 0.15) is 0 Å². The number of carbonyl (C=O) groups is 4. The summed E-state index contributed by atoms with van der Waals surface area (Å²) in [6, 6.07) is 0. The maximum absolute atomic E-state index is 11.2. The van der Waals surface area contributed by atoms with E-state index in [1.54, 1.807) is 0 Å². The number of unbranched alkanes of at least 4 members (excludes halogenated alkanes) is 1. The molecule has 2 N–H and O–H groups in total. The highest BCUT2D eigenvalue weighted by atomic mass is 16.2. The molecule has 2 aliphatic rings. The van der Waals surface area contributed by atoms with Gasteiger partial charge in [-0.15, -0.1) is 0 Å². The van der Waals surface area contributed by atoms with E-state index in [1.165, 1.54) is 25.0 Å². The van der Waals surface area contributed by atoms with Crippen LogP contribution in [0, 0.1) is 0 Å². The molecule has 2 aliphatic heterocycles. The lowest BCUT2D eigenvalue weighted by Crippen LogP contribution is -2.22. The molecule has 0 spiro atoms. The molecular weight excluding hydrogens is 272 g/mol. The first-order valence-corrected chi connectivity index (χ1v) is 7.09. The van der Waals surface area contributed by atoms with Crippen molar-refractivity contribution < 1.29 is 19.2 Å². The van der Waals surface area contributed by atoms with Crippen molar-refractivity contribution >= 4 is 23.6 Å². The number of carbonyl (C=O) groups excluding carboxylic acids is 4. The van der Waals surface area contributed by atoms with Crippen LogP contribution in [0.2, 0.25) is 0 Å². The summed E-state index contributed by atoms with van der Waals surface area (Å²) in [5.74, 6) is -1.57. The standard InChI is InChI=1S/C11H10N2O4.C4H10/c14-8-4-6(10(16)12-8)2-1-3-7-5-9(15)13-11(7)17;1-3-4-2/h4-5H,1-3H2,(H,12,14,16)(H,13,15,17);3-4H2,1-2H3. The minimum atomic E-state index is -0.405. The van der Waals surface area contributed by atoms with Crippen LogP contribution in [-0.4, -0.2) is 23.6 Å². The van der Waals surface area contributed by atoms with Crippen molar-refractivity contribution in [3.63, 3.8) is 0 Å². The number of hydrogen-bond donors (Lipinski definition) is 2. The van der Waals surface area contributed by atoms with Crippen LogP contribution in [0.4, 0.5) is 0 Å². The van der Waals surface area contributed by atoms with E-state index in [9.17, 15) is 19.2 Å². The van der Waals surface area contributed by atoms with Gasteiger partial charge in [-0.1, -0.05) is 26.7 Å². The van der Waals surface area contributed by atoms with Crippen molar-refractivity contribution in [3.05, 3.63) is 23.3 Å². The molecule has 2 rings (SSSR count).